The lowest BCUT2D eigenvalue weighted by Gasteiger charge is -2.35. The van der Waals surface area contributed by atoms with E-state index >= 15 is 0 Å². The number of amides is 1. The zero-order valence-electron chi connectivity index (χ0n) is 10.6. The van der Waals surface area contributed by atoms with Crippen molar-refractivity contribution in [2.75, 3.05) is 19.6 Å². The maximum absolute atomic E-state index is 12.5. The summed E-state index contributed by atoms with van der Waals surface area (Å²) >= 11 is 0. The SMILES string of the molecule is NCC1CCN(C(=O)C2CC3CCC2C3)CC1. The number of carbonyl (C=O) groups is 1. The van der Waals surface area contributed by atoms with Gasteiger partial charge in [0.1, 0.15) is 0 Å². The van der Waals surface area contributed by atoms with Crippen LogP contribution in [0.4, 0.5) is 0 Å². The average Bonchev–Trinajstić information content (AvgIpc) is 3.00. The molecule has 3 nitrogen and oxygen atoms in total. The van der Waals surface area contributed by atoms with Crippen molar-refractivity contribution in [2.24, 2.45) is 29.4 Å². The van der Waals surface area contributed by atoms with Crippen molar-refractivity contribution in [3.8, 4) is 0 Å². The highest BCUT2D eigenvalue weighted by atomic mass is 16.2. The van der Waals surface area contributed by atoms with Gasteiger partial charge >= 0.3 is 0 Å². The smallest absolute Gasteiger partial charge is 0.225 e. The molecule has 1 saturated heterocycles. The van der Waals surface area contributed by atoms with Crippen LogP contribution in [-0.4, -0.2) is 30.4 Å². The Bertz CT molecular complexity index is 297. The maximum atomic E-state index is 12.5. The predicted molar refractivity (Wildman–Crippen MR) is 67.3 cm³/mol. The molecule has 2 aliphatic carbocycles. The van der Waals surface area contributed by atoms with Gasteiger partial charge in [-0.25, -0.2) is 0 Å². The molecule has 3 aliphatic rings. The molecule has 2 bridgehead atoms. The van der Waals surface area contributed by atoms with Gasteiger partial charge in [-0.1, -0.05) is 6.42 Å². The van der Waals surface area contributed by atoms with Crippen LogP contribution >= 0.6 is 0 Å². The van der Waals surface area contributed by atoms with Crippen LogP contribution in [0.2, 0.25) is 0 Å². The Morgan fingerprint density at radius 1 is 1.12 bits per heavy atom. The number of nitrogens with two attached hydrogens (primary N) is 1. The van der Waals surface area contributed by atoms with Gasteiger partial charge in [-0.2, -0.15) is 0 Å². The second-order valence-electron chi connectivity index (χ2n) is 6.29. The van der Waals surface area contributed by atoms with Crippen LogP contribution in [0, 0.1) is 23.7 Å². The van der Waals surface area contributed by atoms with E-state index in [-0.39, 0.29) is 0 Å². The summed E-state index contributed by atoms with van der Waals surface area (Å²) in [5, 5.41) is 0. The second-order valence-corrected chi connectivity index (χ2v) is 6.29. The highest BCUT2D eigenvalue weighted by Gasteiger charge is 2.44. The normalized spacial score (nSPS) is 37.7. The number of carbonyl (C=O) groups excluding carboxylic acids is 1. The van der Waals surface area contributed by atoms with Gasteiger partial charge in [0.25, 0.3) is 0 Å². The van der Waals surface area contributed by atoms with Gasteiger partial charge in [0, 0.05) is 19.0 Å². The molecule has 1 amide bonds. The zero-order valence-corrected chi connectivity index (χ0v) is 10.6. The molecule has 0 radical (unpaired) electrons. The van der Waals surface area contributed by atoms with Crippen molar-refractivity contribution >= 4 is 5.91 Å². The molecule has 3 unspecified atom stereocenters. The number of fused-ring (bicyclic) bond motifs is 2. The largest absolute Gasteiger partial charge is 0.342 e. The van der Waals surface area contributed by atoms with Crippen molar-refractivity contribution in [1.82, 2.24) is 4.90 Å². The Hall–Kier alpha value is -0.570. The lowest BCUT2D eigenvalue weighted by Crippen LogP contribution is -2.44. The lowest BCUT2D eigenvalue weighted by atomic mass is 9.86. The maximum Gasteiger partial charge on any atom is 0.225 e. The summed E-state index contributed by atoms with van der Waals surface area (Å²) in [5.41, 5.74) is 5.69. The number of nitrogens with zero attached hydrogens (tertiary/aromatic N) is 1. The summed E-state index contributed by atoms with van der Waals surface area (Å²) in [7, 11) is 0. The van der Waals surface area contributed by atoms with E-state index in [4.69, 9.17) is 5.73 Å². The summed E-state index contributed by atoms with van der Waals surface area (Å²) in [4.78, 5) is 14.6. The van der Waals surface area contributed by atoms with Gasteiger partial charge in [-0.05, 0) is 56.4 Å². The van der Waals surface area contributed by atoms with Crippen LogP contribution in [0.1, 0.15) is 38.5 Å². The number of hydrogen-bond acceptors (Lipinski definition) is 2. The van der Waals surface area contributed by atoms with Crippen molar-refractivity contribution in [3.63, 3.8) is 0 Å². The molecule has 2 saturated carbocycles. The second kappa shape index (κ2) is 4.60. The molecule has 17 heavy (non-hydrogen) atoms. The third kappa shape index (κ3) is 2.10. The van der Waals surface area contributed by atoms with Crippen LogP contribution in [-0.2, 0) is 4.79 Å². The standard InChI is InChI=1S/C14H24N2O/c15-9-10-3-5-16(6-4-10)14(17)13-8-11-1-2-12(13)7-11/h10-13H,1-9,15H2. The van der Waals surface area contributed by atoms with Gasteiger partial charge < -0.3 is 10.6 Å². The third-order valence-electron chi connectivity index (χ3n) is 5.31. The van der Waals surface area contributed by atoms with Gasteiger partial charge in [0.05, 0.1) is 0 Å². The molecular weight excluding hydrogens is 212 g/mol. The third-order valence-corrected chi connectivity index (χ3v) is 5.31. The number of likely N-dealkylation sites (tertiary alicyclic amines) is 1. The molecule has 0 aromatic carbocycles. The zero-order chi connectivity index (χ0) is 11.8. The van der Waals surface area contributed by atoms with Gasteiger partial charge in [-0.3, -0.25) is 4.79 Å². The Morgan fingerprint density at radius 3 is 2.41 bits per heavy atom. The summed E-state index contributed by atoms with van der Waals surface area (Å²) in [6.07, 6.45) is 7.42. The molecule has 1 heterocycles. The Morgan fingerprint density at radius 2 is 1.88 bits per heavy atom. The lowest BCUT2D eigenvalue weighted by molar-refractivity contribution is -0.138. The first kappa shape index (κ1) is 11.5. The van der Waals surface area contributed by atoms with E-state index < -0.39 is 0 Å². The average molecular weight is 236 g/mol. The van der Waals surface area contributed by atoms with E-state index in [2.05, 4.69) is 4.90 Å². The predicted octanol–water partition coefficient (Wildman–Crippen LogP) is 1.62. The van der Waals surface area contributed by atoms with Crippen LogP contribution < -0.4 is 5.73 Å². The van der Waals surface area contributed by atoms with E-state index in [1.54, 1.807) is 0 Å². The quantitative estimate of drug-likeness (QED) is 0.792. The molecule has 3 rings (SSSR count). The summed E-state index contributed by atoms with van der Waals surface area (Å²) in [6.45, 7) is 2.69. The van der Waals surface area contributed by atoms with E-state index in [0.29, 0.717) is 17.7 Å². The number of rotatable bonds is 2. The van der Waals surface area contributed by atoms with E-state index in [9.17, 15) is 4.79 Å². The van der Waals surface area contributed by atoms with E-state index in [1.807, 2.05) is 0 Å². The first-order valence-electron chi connectivity index (χ1n) is 7.26. The minimum absolute atomic E-state index is 0.378. The van der Waals surface area contributed by atoms with Crippen LogP contribution in [0.15, 0.2) is 0 Å². The monoisotopic (exact) mass is 236 g/mol. The van der Waals surface area contributed by atoms with Crippen molar-refractivity contribution < 1.29 is 4.79 Å². The van der Waals surface area contributed by atoms with Crippen molar-refractivity contribution in [1.29, 1.82) is 0 Å². The first-order chi connectivity index (χ1) is 8.28. The van der Waals surface area contributed by atoms with Crippen molar-refractivity contribution in [2.45, 2.75) is 38.5 Å². The van der Waals surface area contributed by atoms with Crippen LogP contribution in [0.3, 0.4) is 0 Å². The molecule has 0 spiro atoms. The summed E-state index contributed by atoms with van der Waals surface area (Å²) < 4.78 is 0. The summed E-state index contributed by atoms with van der Waals surface area (Å²) in [6, 6.07) is 0. The van der Waals surface area contributed by atoms with Crippen LogP contribution in [0.5, 0.6) is 0 Å². The van der Waals surface area contributed by atoms with Crippen molar-refractivity contribution in [3.05, 3.63) is 0 Å². The Kier molecular flexibility index (Phi) is 3.12. The Labute approximate surface area is 104 Å². The molecular formula is C14H24N2O. The van der Waals surface area contributed by atoms with Crippen LogP contribution in [0.25, 0.3) is 0 Å². The fourth-order valence-electron chi connectivity index (χ4n) is 4.17. The minimum Gasteiger partial charge on any atom is -0.342 e. The summed E-state index contributed by atoms with van der Waals surface area (Å²) in [5.74, 6) is 3.09. The molecule has 0 aromatic heterocycles. The highest BCUT2D eigenvalue weighted by Crippen LogP contribution is 2.49. The molecule has 3 fully saturated rings. The molecule has 1 aliphatic heterocycles. The first-order valence-corrected chi connectivity index (χ1v) is 7.26. The topological polar surface area (TPSA) is 46.3 Å². The molecule has 0 aromatic rings. The molecule has 2 N–H and O–H groups in total. The molecule has 3 heteroatoms. The van der Waals surface area contributed by atoms with E-state index in [0.717, 1.165) is 44.3 Å². The van der Waals surface area contributed by atoms with Gasteiger partial charge in [0.2, 0.25) is 5.91 Å². The number of piperidine rings is 1. The Balaban J connectivity index is 1.56. The number of hydrogen-bond donors (Lipinski definition) is 1. The van der Waals surface area contributed by atoms with E-state index in [1.165, 1.54) is 25.7 Å². The fourth-order valence-corrected chi connectivity index (χ4v) is 4.17. The molecule has 3 atom stereocenters. The minimum atomic E-state index is 0.378. The fraction of sp³-hybridized carbons (Fsp3) is 0.929. The van der Waals surface area contributed by atoms with Gasteiger partial charge in [-0.15, -0.1) is 0 Å². The highest BCUT2D eigenvalue weighted by molar-refractivity contribution is 5.79. The van der Waals surface area contributed by atoms with Gasteiger partial charge in [0.15, 0.2) is 0 Å². The molecule has 96 valence electrons.